The number of rotatable bonds is 5. The summed E-state index contributed by atoms with van der Waals surface area (Å²) in [5.41, 5.74) is 3.05. The van der Waals surface area contributed by atoms with Crippen LogP contribution in [0.2, 0.25) is 0 Å². The highest BCUT2D eigenvalue weighted by atomic mass is 16.2. The molecule has 0 spiro atoms. The van der Waals surface area contributed by atoms with E-state index in [9.17, 15) is 19.2 Å². The molecule has 3 aromatic rings. The molecule has 3 aromatic carbocycles. The highest BCUT2D eigenvalue weighted by Gasteiger charge is 2.36. The first-order chi connectivity index (χ1) is 15.4. The second-order valence-electron chi connectivity index (χ2n) is 7.27. The zero-order chi connectivity index (χ0) is 22.7. The molecular formula is C24H20N4O4. The van der Waals surface area contributed by atoms with E-state index < -0.39 is 23.8 Å². The molecule has 0 aromatic heterocycles. The van der Waals surface area contributed by atoms with E-state index in [-0.39, 0.29) is 6.54 Å². The fourth-order valence-corrected chi connectivity index (χ4v) is 3.41. The number of fused-ring (bicyclic) bond motifs is 1. The summed E-state index contributed by atoms with van der Waals surface area (Å²) in [4.78, 5) is 50.7. The number of hydrogen-bond donors (Lipinski definition) is 3. The van der Waals surface area contributed by atoms with Gasteiger partial charge in [-0.1, -0.05) is 30.3 Å². The first-order valence-electron chi connectivity index (χ1n) is 9.91. The maximum atomic E-state index is 12.7. The predicted octanol–water partition coefficient (Wildman–Crippen LogP) is 3.56. The number of nitrogens with zero attached hydrogens (tertiary/aromatic N) is 1. The van der Waals surface area contributed by atoms with Crippen LogP contribution >= 0.6 is 0 Å². The molecule has 4 rings (SSSR count). The lowest BCUT2D eigenvalue weighted by Crippen LogP contribution is -2.35. The first-order valence-corrected chi connectivity index (χ1v) is 9.91. The summed E-state index contributed by atoms with van der Waals surface area (Å²) in [7, 11) is 0. The second kappa shape index (κ2) is 8.73. The van der Waals surface area contributed by atoms with E-state index in [1.165, 1.54) is 6.07 Å². The molecule has 1 heterocycles. The average Bonchev–Trinajstić information content (AvgIpc) is 3.03. The van der Waals surface area contributed by atoms with Crippen LogP contribution in [-0.2, 0) is 4.79 Å². The van der Waals surface area contributed by atoms with Gasteiger partial charge in [0.15, 0.2) is 0 Å². The van der Waals surface area contributed by atoms with Crippen LogP contribution in [0.1, 0.15) is 26.3 Å². The van der Waals surface area contributed by atoms with Crippen molar-refractivity contribution in [3.63, 3.8) is 0 Å². The van der Waals surface area contributed by atoms with E-state index in [1.54, 1.807) is 48.5 Å². The molecule has 0 saturated heterocycles. The number of imide groups is 1. The topological polar surface area (TPSA) is 108 Å². The maximum Gasteiger partial charge on any atom is 0.319 e. The molecule has 32 heavy (non-hydrogen) atoms. The number of nitrogens with one attached hydrogen (secondary N) is 3. The van der Waals surface area contributed by atoms with Gasteiger partial charge in [0.2, 0.25) is 5.91 Å². The Balaban J connectivity index is 1.37. The van der Waals surface area contributed by atoms with Crippen LogP contribution in [-0.4, -0.2) is 30.3 Å². The minimum atomic E-state index is -0.509. The summed E-state index contributed by atoms with van der Waals surface area (Å²) in [6, 6.07) is 19.8. The monoisotopic (exact) mass is 428 g/mol. The number of carbonyl (C=O) groups excluding carboxylic acids is 4. The fourth-order valence-electron chi connectivity index (χ4n) is 3.41. The van der Waals surface area contributed by atoms with Crippen molar-refractivity contribution in [2.75, 3.05) is 22.1 Å². The van der Waals surface area contributed by atoms with Gasteiger partial charge >= 0.3 is 6.03 Å². The first kappa shape index (κ1) is 20.8. The molecule has 0 saturated carbocycles. The number of benzene rings is 3. The van der Waals surface area contributed by atoms with Crippen molar-refractivity contribution < 1.29 is 19.2 Å². The quantitative estimate of drug-likeness (QED) is 0.540. The van der Waals surface area contributed by atoms with Gasteiger partial charge in [0.25, 0.3) is 11.8 Å². The van der Waals surface area contributed by atoms with Gasteiger partial charge in [-0.05, 0) is 55.0 Å². The predicted molar refractivity (Wildman–Crippen MR) is 121 cm³/mol. The Labute approximate surface area is 184 Å². The van der Waals surface area contributed by atoms with Gasteiger partial charge in [0, 0.05) is 11.4 Å². The molecule has 5 amide bonds. The second-order valence-corrected chi connectivity index (χ2v) is 7.27. The minimum Gasteiger partial charge on any atom is -0.329 e. The van der Waals surface area contributed by atoms with Gasteiger partial charge in [0.05, 0.1) is 23.4 Å². The fraction of sp³-hybridized carbons (Fsp3) is 0.0833. The lowest BCUT2D eigenvalue weighted by molar-refractivity contribution is -0.115. The normalized spacial score (nSPS) is 12.3. The van der Waals surface area contributed by atoms with Crippen LogP contribution in [0.5, 0.6) is 0 Å². The molecule has 1 aliphatic rings. The largest absolute Gasteiger partial charge is 0.329 e. The zero-order valence-electron chi connectivity index (χ0n) is 17.2. The molecule has 0 atom stereocenters. The van der Waals surface area contributed by atoms with Gasteiger partial charge < -0.3 is 16.0 Å². The molecule has 3 N–H and O–H groups in total. The van der Waals surface area contributed by atoms with E-state index in [0.29, 0.717) is 28.2 Å². The highest BCUT2D eigenvalue weighted by Crippen LogP contribution is 2.29. The van der Waals surface area contributed by atoms with Crippen LogP contribution in [0.4, 0.5) is 21.9 Å². The van der Waals surface area contributed by atoms with E-state index in [2.05, 4.69) is 16.0 Å². The SMILES string of the molecule is Cc1cccc(NC(=O)NCC(=O)Nc2cccc(N3C(=O)c4ccccc4C3=O)c2)c1. The highest BCUT2D eigenvalue weighted by molar-refractivity contribution is 6.34. The Morgan fingerprint density at radius 3 is 2.06 bits per heavy atom. The lowest BCUT2D eigenvalue weighted by atomic mass is 10.1. The van der Waals surface area contributed by atoms with Crippen LogP contribution in [0.15, 0.2) is 72.8 Å². The Bertz CT molecular complexity index is 1200. The van der Waals surface area contributed by atoms with Gasteiger partial charge in [-0.3, -0.25) is 14.4 Å². The molecule has 0 bridgehead atoms. The molecule has 8 nitrogen and oxygen atoms in total. The lowest BCUT2D eigenvalue weighted by Gasteiger charge is -2.15. The van der Waals surface area contributed by atoms with Crippen molar-refractivity contribution in [3.05, 3.63) is 89.5 Å². The molecule has 0 radical (unpaired) electrons. The van der Waals surface area contributed by atoms with E-state index >= 15 is 0 Å². The van der Waals surface area contributed by atoms with Crippen LogP contribution in [0, 0.1) is 6.92 Å². The molecule has 0 fully saturated rings. The van der Waals surface area contributed by atoms with Gasteiger partial charge in [-0.25, -0.2) is 9.69 Å². The van der Waals surface area contributed by atoms with Crippen LogP contribution < -0.4 is 20.9 Å². The van der Waals surface area contributed by atoms with Crippen molar-refractivity contribution in [3.8, 4) is 0 Å². The molecule has 1 aliphatic heterocycles. The third kappa shape index (κ3) is 4.34. The smallest absolute Gasteiger partial charge is 0.319 e. The standard InChI is InChI=1S/C24H20N4O4/c1-15-6-4-7-16(12-15)27-24(32)25-14-21(29)26-17-8-5-9-18(13-17)28-22(30)19-10-2-3-11-20(19)23(28)31/h2-13H,14H2,1H3,(H,26,29)(H2,25,27,32). The number of carbonyl (C=O) groups is 4. The molecular weight excluding hydrogens is 408 g/mol. The Kier molecular flexibility index (Phi) is 5.67. The molecule has 0 aliphatic carbocycles. The summed E-state index contributed by atoms with van der Waals surface area (Å²) in [6.07, 6.45) is 0. The zero-order valence-corrected chi connectivity index (χ0v) is 17.2. The van der Waals surface area contributed by atoms with E-state index in [1.807, 2.05) is 25.1 Å². The van der Waals surface area contributed by atoms with Gasteiger partial charge in [0.1, 0.15) is 0 Å². The number of amides is 5. The average molecular weight is 428 g/mol. The van der Waals surface area contributed by atoms with Crippen molar-refractivity contribution in [1.29, 1.82) is 0 Å². The number of urea groups is 1. The Morgan fingerprint density at radius 1 is 0.781 bits per heavy atom. The van der Waals surface area contributed by atoms with Crippen LogP contribution in [0.3, 0.4) is 0 Å². The summed E-state index contributed by atoms with van der Waals surface area (Å²) in [5, 5.41) is 7.79. The van der Waals surface area contributed by atoms with E-state index in [4.69, 9.17) is 0 Å². The Morgan fingerprint density at radius 2 is 1.41 bits per heavy atom. The van der Waals surface area contributed by atoms with Gasteiger partial charge in [-0.2, -0.15) is 0 Å². The van der Waals surface area contributed by atoms with Crippen molar-refractivity contribution >= 4 is 40.8 Å². The summed E-state index contributed by atoms with van der Waals surface area (Å²) in [5.74, 6) is -1.28. The summed E-state index contributed by atoms with van der Waals surface area (Å²) >= 11 is 0. The van der Waals surface area contributed by atoms with Crippen molar-refractivity contribution in [2.24, 2.45) is 0 Å². The molecule has 8 heteroatoms. The van der Waals surface area contributed by atoms with Crippen LogP contribution in [0.25, 0.3) is 0 Å². The minimum absolute atomic E-state index is 0.255. The van der Waals surface area contributed by atoms with Gasteiger partial charge in [-0.15, -0.1) is 0 Å². The Hall–Kier alpha value is -4.46. The van der Waals surface area contributed by atoms with E-state index in [0.717, 1.165) is 10.5 Å². The molecule has 0 unspecified atom stereocenters. The number of aryl methyl sites for hydroxylation is 1. The van der Waals surface area contributed by atoms with Crippen molar-refractivity contribution in [2.45, 2.75) is 6.92 Å². The van der Waals surface area contributed by atoms with Crippen molar-refractivity contribution in [1.82, 2.24) is 5.32 Å². The maximum absolute atomic E-state index is 12.7. The summed E-state index contributed by atoms with van der Waals surface area (Å²) < 4.78 is 0. The number of anilines is 3. The number of hydrogen-bond acceptors (Lipinski definition) is 4. The third-order valence-corrected chi connectivity index (χ3v) is 4.87. The molecule has 160 valence electrons. The third-order valence-electron chi connectivity index (χ3n) is 4.87. The summed E-state index contributed by atoms with van der Waals surface area (Å²) in [6.45, 7) is 1.65.